The molecule has 0 unspecified atom stereocenters. The summed E-state index contributed by atoms with van der Waals surface area (Å²) in [6.45, 7) is 4.05. The normalized spacial score (nSPS) is 11.4. The highest BCUT2D eigenvalue weighted by molar-refractivity contribution is 9.10. The molecule has 0 aliphatic rings. The maximum absolute atomic E-state index is 6.03. The molecule has 0 aliphatic carbocycles. The molecule has 6 nitrogen and oxygen atoms in total. The fourth-order valence-corrected chi connectivity index (χ4v) is 3.97. The van der Waals surface area contributed by atoms with Crippen molar-refractivity contribution >= 4 is 32.5 Å². The topological polar surface area (TPSA) is 65.5 Å². The van der Waals surface area contributed by atoms with Crippen LogP contribution in [0.15, 0.2) is 64.2 Å². The highest BCUT2D eigenvalue weighted by Gasteiger charge is 2.15. The van der Waals surface area contributed by atoms with Gasteiger partial charge in [-0.2, -0.15) is 0 Å². The summed E-state index contributed by atoms with van der Waals surface area (Å²) in [4.78, 5) is 13.3. The summed E-state index contributed by atoms with van der Waals surface area (Å²) in [5, 5.41) is 0.845. The number of benzene rings is 1. The fourth-order valence-electron chi connectivity index (χ4n) is 3.41. The Kier molecular flexibility index (Phi) is 3.91. The van der Waals surface area contributed by atoms with Crippen molar-refractivity contribution in [3.8, 4) is 22.9 Å². The average molecular weight is 435 g/mol. The van der Waals surface area contributed by atoms with Crippen LogP contribution in [0.5, 0.6) is 11.6 Å². The lowest BCUT2D eigenvalue weighted by Crippen LogP contribution is -2.01. The number of rotatable bonds is 3. The van der Waals surface area contributed by atoms with Gasteiger partial charge in [0, 0.05) is 24.2 Å². The van der Waals surface area contributed by atoms with E-state index in [9.17, 15) is 0 Å². The van der Waals surface area contributed by atoms with E-state index >= 15 is 0 Å². The minimum Gasteiger partial charge on any atom is -0.464 e. The third-order valence-corrected chi connectivity index (χ3v) is 5.22. The Bertz CT molecular complexity index is 1340. The van der Waals surface area contributed by atoms with Gasteiger partial charge in [0.1, 0.15) is 15.9 Å². The Labute approximate surface area is 169 Å². The standard InChI is InChI=1S/C21H15BrN4O2/c1-12-11-14(28-21-16-6-10-27-17(16)5-7-24-21)3-4-15(12)18-13(2)25-19(22)20-23-8-9-26(18)20/h3-11H,1-2H3. The molecule has 0 amide bonds. The third-order valence-electron chi connectivity index (χ3n) is 4.69. The highest BCUT2D eigenvalue weighted by atomic mass is 79.9. The molecule has 0 aliphatic heterocycles. The maximum Gasteiger partial charge on any atom is 0.230 e. The first-order chi connectivity index (χ1) is 13.6. The van der Waals surface area contributed by atoms with Gasteiger partial charge >= 0.3 is 0 Å². The van der Waals surface area contributed by atoms with Crippen molar-refractivity contribution in [3.05, 3.63) is 71.0 Å². The van der Waals surface area contributed by atoms with Crippen LogP contribution >= 0.6 is 15.9 Å². The van der Waals surface area contributed by atoms with Gasteiger partial charge in [-0.15, -0.1) is 0 Å². The first kappa shape index (κ1) is 16.9. The zero-order chi connectivity index (χ0) is 19.3. The Hall–Kier alpha value is -3.19. The molecule has 4 heterocycles. The van der Waals surface area contributed by atoms with E-state index in [0.29, 0.717) is 11.6 Å². The second-order valence-electron chi connectivity index (χ2n) is 6.48. The minimum atomic E-state index is 0.525. The number of hydrogen-bond acceptors (Lipinski definition) is 5. The van der Waals surface area contributed by atoms with Crippen molar-refractivity contribution in [2.75, 3.05) is 0 Å². The van der Waals surface area contributed by atoms with Crippen LogP contribution in [0.3, 0.4) is 0 Å². The molecule has 4 aromatic heterocycles. The Morgan fingerprint density at radius 1 is 1.07 bits per heavy atom. The molecule has 5 aromatic rings. The predicted molar refractivity (Wildman–Crippen MR) is 110 cm³/mol. The van der Waals surface area contributed by atoms with Gasteiger partial charge in [-0.1, -0.05) is 0 Å². The van der Waals surface area contributed by atoms with Gasteiger partial charge in [0.05, 0.1) is 23.0 Å². The number of aryl methyl sites for hydroxylation is 2. The van der Waals surface area contributed by atoms with Crippen molar-refractivity contribution in [1.82, 2.24) is 19.4 Å². The largest absolute Gasteiger partial charge is 0.464 e. The van der Waals surface area contributed by atoms with E-state index < -0.39 is 0 Å². The van der Waals surface area contributed by atoms with Crippen molar-refractivity contribution < 1.29 is 9.15 Å². The summed E-state index contributed by atoms with van der Waals surface area (Å²) in [6, 6.07) is 9.65. The maximum atomic E-state index is 6.03. The lowest BCUT2D eigenvalue weighted by molar-refractivity contribution is 0.468. The number of ether oxygens (including phenoxy) is 1. The molecule has 0 saturated heterocycles. The molecule has 0 fully saturated rings. The summed E-state index contributed by atoms with van der Waals surface area (Å²) in [5.74, 6) is 1.24. The van der Waals surface area contributed by atoms with Crippen LogP contribution in [-0.4, -0.2) is 19.4 Å². The smallest absolute Gasteiger partial charge is 0.230 e. The molecule has 7 heteroatoms. The predicted octanol–water partition coefficient (Wildman–Crippen LogP) is 5.71. The van der Waals surface area contributed by atoms with E-state index in [4.69, 9.17) is 9.15 Å². The first-order valence-corrected chi connectivity index (χ1v) is 9.51. The van der Waals surface area contributed by atoms with E-state index in [1.165, 1.54) is 0 Å². The summed E-state index contributed by atoms with van der Waals surface area (Å²) >= 11 is 3.49. The van der Waals surface area contributed by atoms with E-state index in [2.05, 4.69) is 37.8 Å². The summed E-state index contributed by atoms with van der Waals surface area (Å²) in [6.07, 6.45) is 7.02. The molecule has 0 saturated carbocycles. The number of pyridine rings is 1. The second-order valence-corrected chi connectivity index (χ2v) is 7.24. The minimum absolute atomic E-state index is 0.525. The monoisotopic (exact) mass is 434 g/mol. The fraction of sp³-hybridized carbons (Fsp3) is 0.0952. The SMILES string of the molecule is Cc1cc(Oc2nccc3occc23)ccc1-c1c(C)nc(Br)c2nccn12. The second kappa shape index (κ2) is 6.45. The molecular formula is C21H15BrN4O2. The summed E-state index contributed by atoms with van der Waals surface area (Å²) < 4.78 is 14.2. The third kappa shape index (κ3) is 2.66. The van der Waals surface area contributed by atoms with Crippen molar-refractivity contribution in [2.24, 2.45) is 0 Å². The number of fused-ring (bicyclic) bond motifs is 2. The number of nitrogens with zero attached hydrogens (tertiary/aromatic N) is 4. The molecule has 0 N–H and O–H groups in total. The van der Waals surface area contributed by atoms with Gasteiger partial charge in [0.25, 0.3) is 0 Å². The Morgan fingerprint density at radius 2 is 1.96 bits per heavy atom. The number of halogens is 1. The molecule has 0 spiro atoms. The van der Waals surface area contributed by atoms with Crippen molar-refractivity contribution in [2.45, 2.75) is 13.8 Å². The van der Waals surface area contributed by atoms with Crippen LogP contribution in [0.2, 0.25) is 0 Å². The van der Waals surface area contributed by atoms with Crippen LogP contribution in [0.25, 0.3) is 27.9 Å². The van der Waals surface area contributed by atoms with Crippen molar-refractivity contribution in [3.63, 3.8) is 0 Å². The quantitative estimate of drug-likeness (QED) is 0.363. The molecule has 0 radical (unpaired) electrons. The molecule has 1 aromatic carbocycles. The molecule has 28 heavy (non-hydrogen) atoms. The van der Waals surface area contributed by atoms with E-state index in [0.717, 1.165) is 43.7 Å². The molecule has 5 rings (SSSR count). The lowest BCUT2D eigenvalue weighted by Gasteiger charge is -2.14. The van der Waals surface area contributed by atoms with Gasteiger partial charge in [0.15, 0.2) is 5.65 Å². The lowest BCUT2D eigenvalue weighted by atomic mass is 10.0. The summed E-state index contributed by atoms with van der Waals surface area (Å²) in [5.41, 5.74) is 5.60. The van der Waals surface area contributed by atoms with Crippen LogP contribution < -0.4 is 4.74 Å². The highest BCUT2D eigenvalue weighted by Crippen LogP contribution is 2.33. The van der Waals surface area contributed by atoms with E-state index in [-0.39, 0.29) is 0 Å². The molecule has 0 atom stereocenters. The van der Waals surface area contributed by atoms with Crippen molar-refractivity contribution in [1.29, 1.82) is 0 Å². The van der Waals surface area contributed by atoms with Crippen LogP contribution in [-0.2, 0) is 0 Å². The van der Waals surface area contributed by atoms with E-state index in [1.807, 2.05) is 47.9 Å². The van der Waals surface area contributed by atoms with Crippen LogP contribution in [0, 0.1) is 13.8 Å². The molecule has 138 valence electrons. The summed E-state index contributed by atoms with van der Waals surface area (Å²) in [7, 11) is 0. The van der Waals surface area contributed by atoms with Crippen LogP contribution in [0.4, 0.5) is 0 Å². The number of furan rings is 1. The van der Waals surface area contributed by atoms with Gasteiger partial charge in [0.2, 0.25) is 5.88 Å². The number of imidazole rings is 1. The number of hydrogen-bond donors (Lipinski definition) is 0. The number of aromatic nitrogens is 4. The van der Waals surface area contributed by atoms with E-state index in [1.54, 1.807) is 18.7 Å². The molecule has 0 bridgehead atoms. The first-order valence-electron chi connectivity index (χ1n) is 8.72. The molecular weight excluding hydrogens is 420 g/mol. The Balaban J connectivity index is 1.58. The van der Waals surface area contributed by atoms with Crippen LogP contribution in [0.1, 0.15) is 11.3 Å². The average Bonchev–Trinajstić information content (AvgIpc) is 3.33. The van der Waals surface area contributed by atoms with Gasteiger partial charge in [-0.3, -0.25) is 4.40 Å². The van der Waals surface area contributed by atoms with Gasteiger partial charge in [-0.25, -0.2) is 15.0 Å². The van der Waals surface area contributed by atoms with Gasteiger partial charge < -0.3 is 9.15 Å². The zero-order valence-corrected chi connectivity index (χ0v) is 16.8. The zero-order valence-electron chi connectivity index (χ0n) is 15.2. The van der Waals surface area contributed by atoms with Gasteiger partial charge in [-0.05, 0) is 65.7 Å². The Morgan fingerprint density at radius 3 is 2.82 bits per heavy atom.